The quantitative estimate of drug-likeness (QED) is 0.408. The van der Waals surface area contributed by atoms with Gasteiger partial charge in [-0.15, -0.1) is 0 Å². The number of nitriles is 1. The van der Waals surface area contributed by atoms with Gasteiger partial charge in [0, 0.05) is 31.4 Å². The molecule has 0 spiro atoms. The number of aromatic nitrogens is 2. The molecular formula is C29H25N5O2. The van der Waals surface area contributed by atoms with Crippen molar-refractivity contribution in [3.63, 3.8) is 0 Å². The molecule has 36 heavy (non-hydrogen) atoms. The molecule has 1 saturated heterocycles. The van der Waals surface area contributed by atoms with Gasteiger partial charge in [-0.1, -0.05) is 60.7 Å². The summed E-state index contributed by atoms with van der Waals surface area (Å²) in [6, 6.07) is 26.3. The van der Waals surface area contributed by atoms with E-state index in [0.29, 0.717) is 37.2 Å². The number of carbonyl (C=O) groups excluding carboxylic acids is 2. The Morgan fingerprint density at radius 3 is 2.56 bits per heavy atom. The fourth-order valence-corrected chi connectivity index (χ4v) is 4.50. The maximum Gasteiger partial charge on any atom is 0.261 e. The second kappa shape index (κ2) is 10.4. The molecule has 5 rings (SSSR count). The van der Waals surface area contributed by atoms with Gasteiger partial charge >= 0.3 is 0 Å². The van der Waals surface area contributed by atoms with Crippen LogP contribution in [-0.4, -0.2) is 38.9 Å². The molecule has 1 aliphatic heterocycles. The molecule has 7 heteroatoms. The highest BCUT2D eigenvalue weighted by Crippen LogP contribution is 2.26. The number of hydrogen-bond acceptors (Lipinski definition) is 5. The van der Waals surface area contributed by atoms with Crippen LogP contribution in [0.15, 0.2) is 91.4 Å². The van der Waals surface area contributed by atoms with E-state index in [2.05, 4.69) is 16.4 Å². The number of rotatable bonds is 7. The average Bonchev–Trinajstić information content (AvgIpc) is 3.53. The average molecular weight is 476 g/mol. The van der Waals surface area contributed by atoms with E-state index in [4.69, 9.17) is 5.26 Å². The zero-order valence-electron chi connectivity index (χ0n) is 19.7. The van der Waals surface area contributed by atoms with Gasteiger partial charge in [-0.25, -0.2) is 4.98 Å². The minimum Gasteiger partial charge on any atom is -0.329 e. The molecule has 4 aromatic rings. The Balaban J connectivity index is 1.24. The van der Waals surface area contributed by atoms with Gasteiger partial charge in [0.1, 0.15) is 0 Å². The van der Waals surface area contributed by atoms with E-state index in [0.717, 1.165) is 22.4 Å². The molecule has 1 atom stereocenters. The summed E-state index contributed by atoms with van der Waals surface area (Å²) in [5.41, 5.74) is 4.90. The molecule has 0 bridgehead atoms. The summed E-state index contributed by atoms with van der Waals surface area (Å²) < 4.78 is 2.01. The Hall–Kier alpha value is -4.54. The standard InChI is InChI=1S/C29H25N5O2/c30-16-21-10-12-22(13-11-21)19-33-20-31-17-24(33)18-32-27-14-15-34(29(27)36)28(35)26-9-5-4-8-25(26)23-6-2-1-3-7-23/h1-13,17,20,27,32H,14-15,18-19H2/t27-/m1/s1. The number of carbonyl (C=O) groups is 2. The molecule has 7 nitrogen and oxygen atoms in total. The maximum atomic E-state index is 13.4. The zero-order valence-corrected chi connectivity index (χ0v) is 19.7. The van der Waals surface area contributed by atoms with Crippen LogP contribution >= 0.6 is 0 Å². The van der Waals surface area contributed by atoms with E-state index in [1.54, 1.807) is 30.7 Å². The van der Waals surface area contributed by atoms with Crippen LogP contribution in [0.2, 0.25) is 0 Å². The van der Waals surface area contributed by atoms with Crippen LogP contribution in [-0.2, 0) is 17.9 Å². The summed E-state index contributed by atoms with van der Waals surface area (Å²) in [5.74, 6) is -0.476. The first-order chi connectivity index (χ1) is 17.6. The van der Waals surface area contributed by atoms with Crippen LogP contribution in [0.4, 0.5) is 0 Å². The third-order valence-corrected chi connectivity index (χ3v) is 6.46. The molecule has 0 radical (unpaired) electrons. The largest absolute Gasteiger partial charge is 0.329 e. The third-order valence-electron chi connectivity index (χ3n) is 6.46. The molecule has 0 unspecified atom stereocenters. The predicted molar refractivity (Wildman–Crippen MR) is 136 cm³/mol. The van der Waals surface area contributed by atoms with Gasteiger partial charge in [-0.05, 0) is 41.3 Å². The van der Waals surface area contributed by atoms with Gasteiger partial charge in [-0.2, -0.15) is 5.26 Å². The van der Waals surface area contributed by atoms with Crippen LogP contribution in [0.1, 0.15) is 33.6 Å². The Morgan fingerprint density at radius 2 is 1.78 bits per heavy atom. The second-order valence-electron chi connectivity index (χ2n) is 8.75. The number of imide groups is 1. The lowest BCUT2D eigenvalue weighted by Gasteiger charge is -2.18. The van der Waals surface area contributed by atoms with Crippen molar-refractivity contribution >= 4 is 11.8 Å². The minimum absolute atomic E-state index is 0.207. The topological polar surface area (TPSA) is 91.0 Å². The van der Waals surface area contributed by atoms with Gasteiger partial charge in [0.05, 0.1) is 29.7 Å². The Labute approximate surface area is 209 Å². The Kier molecular flexibility index (Phi) is 6.69. The molecule has 3 aromatic carbocycles. The summed E-state index contributed by atoms with van der Waals surface area (Å²) in [7, 11) is 0. The molecule has 0 saturated carbocycles. The number of nitrogens with one attached hydrogen (secondary N) is 1. The summed E-state index contributed by atoms with van der Waals surface area (Å²) >= 11 is 0. The van der Waals surface area contributed by atoms with E-state index in [1.165, 1.54) is 4.90 Å². The van der Waals surface area contributed by atoms with Gasteiger partial charge in [-0.3, -0.25) is 14.5 Å². The summed E-state index contributed by atoms with van der Waals surface area (Å²) in [5, 5.41) is 12.3. The number of hydrogen-bond donors (Lipinski definition) is 1. The van der Waals surface area contributed by atoms with Gasteiger partial charge in [0.15, 0.2) is 0 Å². The summed E-state index contributed by atoms with van der Waals surface area (Å²) in [4.78, 5) is 32.1. The van der Waals surface area contributed by atoms with Crippen molar-refractivity contribution in [2.24, 2.45) is 0 Å². The zero-order chi connectivity index (χ0) is 24.9. The number of nitrogens with zero attached hydrogens (tertiary/aromatic N) is 4. The molecule has 0 aliphatic carbocycles. The van der Waals surface area contributed by atoms with Gasteiger partial charge < -0.3 is 9.88 Å². The van der Waals surface area contributed by atoms with Gasteiger partial charge in [0.25, 0.3) is 5.91 Å². The van der Waals surface area contributed by atoms with Crippen molar-refractivity contribution in [1.29, 1.82) is 5.26 Å². The first-order valence-corrected chi connectivity index (χ1v) is 11.9. The third kappa shape index (κ3) is 4.81. The van der Waals surface area contributed by atoms with E-state index in [-0.39, 0.29) is 11.8 Å². The van der Waals surface area contributed by atoms with Crippen molar-refractivity contribution in [1.82, 2.24) is 19.8 Å². The van der Waals surface area contributed by atoms with Gasteiger partial charge in [0.2, 0.25) is 5.91 Å². The highest BCUT2D eigenvalue weighted by atomic mass is 16.2. The fourth-order valence-electron chi connectivity index (χ4n) is 4.50. The van der Waals surface area contributed by atoms with E-state index < -0.39 is 6.04 Å². The molecule has 1 aliphatic rings. The summed E-state index contributed by atoms with van der Waals surface area (Å²) in [6.45, 7) is 1.44. The number of imidazole rings is 1. The van der Waals surface area contributed by atoms with Crippen LogP contribution in [0.3, 0.4) is 0 Å². The monoisotopic (exact) mass is 475 g/mol. The van der Waals surface area contributed by atoms with Crippen molar-refractivity contribution in [3.8, 4) is 17.2 Å². The predicted octanol–water partition coefficient (Wildman–Crippen LogP) is 4.00. The molecule has 1 aromatic heterocycles. The molecule has 178 valence electrons. The lowest BCUT2D eigenvalue weighted by atomic mass is 9.99. The SMILES string of the molecule is N#Cc1ccc(Cn2cncc2CN[C@@H]2CCN(C(=O)c3ccccc3-c3ccccc3)C2=O)cc1. The van der Waals surface area contributed by atoms with E-state index in [1.807, 2.05) is 65.2 Å². The highest BCUT2D eigenvalue weighted by Gasteiger charge is 2.36. The van der Waals surface area contributed by atoms with Crippen molar-refractivity contribution in [2.75, 3.05) is 6.54 Å². The molecular weight excluding hydrogens is 450 g/mol. The molecule has 2 heterocycles. The molecule has 1 N–H and O–H groups in total. The van der Waals surface area contributed by atoms with E-state index >= 15 is 0 Å². The van der Waals surface area contributed by atoms with E-state index in [9.17, 15) is 9.59 Å². The first kappa shape index (κ1) is 23.2. The lowest BCUT2D eigenvalue weighted by molar-refractivity contribution is -0.127. The number of amides is 2. The minimum atomic E-state index is -0.434. The first-order valence-electron chi connectivity index (χ1n) is 11.9. The summed E-state index contributed by atoms with van der Waals surface area (Å²) in [6.07, 6.45) is 4.08. The molecule has 1 fully saturated rings. The van der Waals surface area contributed by atoms with Crippen LogP contribution in [0.25, 0.3) is 11.1 Å². The second-order valence-corrected chi connectivity index (χ2v) is 8.75. The van der Waals surface area contributed by atoms with Crippen LogP contribution in [0.5, 0.6) is 0 Å². The lowest BCUT2D eigenvalue weighted by Crippen LogP contribution is -2.41. The smallest absolute Gasteiger partial charge is 0.261 e. The fraction of sp³-hybridized carbons (Fsp3) is 0.172. The molecule has 2 amide bonds. The van der Waals surface area contributed by atoms with Crippen molar-refractivity contribution < 1.29 is 9.59 Å². The highest BCUT2D eigenvalue weighted by molar-refractivity contribution is 6.10. The van der Waals surface area contributed by atoms with Crippen LogP contribution < -0.4 is 5.32 Å². The number of likely N-dealkylation sites (tertiary alicyclic amines) is 1. The van der Waals surface area contributed by atoms with Crippen molar-refractivity contribution in [2.45, 2.75) is 25.6 Å². The maximum absolute atomic E-state index is 13.4. The van der Waals surface area contributed by atoms with Crippen molar-refractivity contribution in [3.05, 3.63) is 114 Å². The number of benzene rings is 3. The normalized spacial score (nSPS) is 15.1. The Bertz CT molecular complexity index is 1420. The Morgan fingerprint density at radius 1 is 1.03 bits per heavy atom. The van der Waals surface area contributed by atoms with Crippen LogP contribution in [0, 0.1) is 11.3 Å².